The summed E-state index contributed by atoms with van der Waals surface area (Å²) in [6.45, 7) is 5.43. The largest absolute Gasteiger partial charge is 0.479 e. The predicted molar refractivity (Wildman–Crippen MR) is 68.8 cm³/mol. The number of amides is 1. The van der Waals surface area contributed by atoms with Gasteiger partial charge in [0.2, 0.25) is 5.91 Å². The van der Waals surface area contributed by atoms with Crippen LogP contribution in [0.4, 0.5) is 0 Å². The van der Waals surface area contributed by atoms with E-state index in [1.165, 1.54) is 11.3 Å². The van der Waals surface area contributed by atoms with Gasteiger partial charge in [-0.15, -0.1) is 11.3 Å². The third-order valence-electron chi connectivity index (χ3n) is 2.93. The van der Waals surface area contributed by atoms with Crippen molar-refractivity contribution in [1.82, 2.24) is 9.88 Å². The van der Waals surface area contributed by atoms with Gasteiger partial charge in [-0.05, 0) is 20.8 Å². The molecule has 1 amide bonds. The molecule has 1 aliphatic heterocycles. The SMILES string of the molecule is CC(C)(C)N1C(=O)COC(C(=O)O)C1c1cncs1. The minimum absolute atomic E-state index is 0.205. The number of carboxylic acid groups (broad SMARTS) is 1. The van der Waals surface area contributed by atoms with Crippen molar-refractivity contribution in [3.05, 3.63) is 16.6 Å². The fourth-order valence-electron chi connectivity index (χ4n) is 2.26. The number of aromatic nitrogens is 1. The van der Waals surface area contributed by atoms with E-state index in [1.807, 2.05) is 20.8 Å². The number of thiazole rings is 1. The molecule has 0 bridgehead atoms. The van der Waals surface area contributed by atoms with Crippen molar-refractivity contribution in [2.45, 2.75) is 38.5 Å². The normalized spacial score (nSPS) is 24.6. The number of carbonyl (C=O) groups excluding carboxylic acids is 1. The summed E-state index contributed by atoms with van der Waals surface area (Å²) in [6.07, 6.45) is 0.531. The van der Waals surface area contributed by atoms with Gasteiger partial charge in [-0.2, -0.15) is 0 Å². The molecule has 0 spiro atoms. The van der Waals surface area contributed by atoms with Crippen molar-refractivity contribution < 1.29 is 19.4 Å². The Labute approximate surface area is 115 Å². The zero-order valence-corrected chi connectivity index (χ0v) is 11.8. The fourth-order valence-corrected chi connectivity index (χ4v) is 2.99. The summed E-state index contributed by atoms with van der Waals surface area (Å²) < 4.78 is 5.20. The first-order valence-corrected chi connectivity index (χ1v) is 6.75. The van der Waals surface area contributed by atoms with E-state index in [1.54, 1.807) is 16.6 Å². The van der Waals surface area contributed by atoms with Crippen molar-refractivity contribution in [2.24, 2.45) is 0 Å². The quantitative estimate of drug-likeness (QED) is 0.885. The molecule has 6 nitrogen and oxygen atoms in total. The molecule has 0 aromatic carbocycles. The number of nitrogens with zero attached hydrogens (tertiary/aromatic N) is 2. The van der Waals surface area contributed by atoms with Crippen molar-refractivity contribution in [1.29, 1.82) is 0 Å². The number of carbonyl (C=O) groups is 2. The van der Waals surface area contributed by atoms with Crippen LogP contribution in [0.1, 0.15) is 31.7 Å². The van der Waals surface area contributed by atoms with Crippen molar-refractivity contribution in [3.63, 3.8) is 0 Å². The standard InChI is InChI=1S/C12H16N2O4S/c1-12(2,3)14-8(15)5-18-10(11(16)17)9(14)7-4-13-6-19-7/h4,6,9-10H,5H2,1-3H3,(H,16,17). The molecular weight excluding hydrogens is 268 g/mol. The van der Waals surface area contributed by atoms with Gasteiger partial charge in [-0.3, -0.25) is 9.78 Å². The van der Waals surface area contributed by atoms with Crippen LogP contribution >= 0.6 is 11.3 Å². The van der Waals surface area contributed by atoms with Gasteiger partial charge in [0.1, 0.15) is 12.6 Å². The molecule has 1 aromatic rings. The summed E-state index contributed by atoms with van der Waals surface area (Å²) in [6, 6.07) is -0.633. The highest BCUT2D eigenvalue weighted by atomic mass is 32.1. The van der Waals surface area contributed by atoms with Crippen molar-refractivity contribution in [2.75, 3.05) is 6.61 Å². The molecule has 7 heteroatoms. The first-order chi connectivity index (χ1) is 8.82. The predicted octanol–water partition coefficient (Wildman–Crippen LogP) is 1.29. The third-order valence-corrected chi connectivity index (χ3v) is 3.78. The second-order valence-corrected chi connectivity index (χ2v) is 6.27. The fraction of sp³-hybridized carbons (Fsp3) is 0.583. The number of aliphatic carboxylic acids is 1. The lowest BCUT2D eigenvalue weighted by molar-refractivity contribution is -0.179. The molecule has 0 radical (unpaired) electrons. The van der Waals surface area contributed by atoms with Crippen LogP contribution in [0, 0.1) is 0 Å². The molecule has 1 N–H and O–H groups in total. The zero-order valence-electron chi connectivity index (χ0n) is 11.0. The summed E-state index contributed by atoms with van der Waals surface area (Å²) in [5.74, 6) is -1.27. The average Bonchev–Trinajstić information content (AvgIpc) is 2.79. The molecule has 0 saturated carbocycles. The molecule has 1 saturated heterocycles. The zero-order chi connectivity index (χ0) is 14.2. The topological polar surface area (TPSA) is 79.7 Å². The van der Waals surface area contributed by atoms with Crippen LogP contribution in [0.2, 0.25) is 0 Å². The van der Waals surface area contributed by atoms with Gasteiger partial charge in [0, 0.05) is 11.7 Å². The molecule has 2 atom stereocenters. The van der Waals surface area contributed by atoms with Crippen molar-refractivity contribution >= 4 is 23.2 Å². The summed E-state index contributed by atoms with van der Waals surface area (Å²) in [7, 11) is 0. The smallest absolute Gasteiger partial charge is 0.335 e. The van der Waals surface area contributed by atoms with E-state index in [-0.39, 0.29) is 12.5 Å². The number of hydrogen-bond acceptors (Lipinski definition) is 5. The minimum atomic E-state index is -1.07. The summed E-state index contributed by atoms with van der Waals surface area (Å²) >= 11 is 1.32. The second kappa shape index (κ2) is 4.90. The molecule has 2 rings (SSSR count). The second-order valence-electron chi connectivity index (χ2n) is 5.35. The maximum absolute atomic E-state index is 12.1. The Morgan fingerprint density at radius 1 is 1.58 bits per heavy atom. The average molecular weight is 284 g/mol. The van der Waals surface area contributed by atoms with E-state index in [2.05, 4.69) is 4.98 Å². The lowest BCUT2D eigenvalue weighted by Gasteiger charge is -2.46. The van der Waals surface area contributed by atoms with Gasteiger partial charge in [0.05, 0.1) is 10.4 Å². The van der Waals surface area contributed by atoms with E-state index < -0.39 is 23.7 Å². The number of rotatable bonds is 2. The van der Waals surface area contributed by atoms with Gasteiger partial charge >= 0.3 is 5.97 Å². The molecule has 2 unspecified atom stereocenters. The van der Waals surface area contributed by atoms with Crippen LogP contribution in [0.3, 0.4) is 0 Å². The van der Waals surface area contributed by atoms with Crippen molar-refractivity contribution in [3.8, 4) is 0 Å². The van der Waals surface area contributed by atoms with E-state index in [4.69, 9.17) is 4.74 Å². The summed E-state index contributed by atoms with van der Waals surface area (Å²) in [5.41, 5.74) is 1.14. The van der Waals surface area contributed by atoms with Gasteiger partial charge in [-0.1, -0.05) is 0 Å². The Kier molecular flexibility index (Phi) is 3.60. The maximum Gasteiger partial charge on any atom is 0.335 e. The van der Waals surface area contributed by atoms with Crippen LogP contribution in [-0.4, -0.2) is 45.1 Å². The molecule has 19 heavy (non-hydrogen) atoms. The Morgan fingerprint density at radius 3 is 2.74 bits per heavy atom. The van der Waals surface area contributed by atoms with E-state index in [0.717, 1.165) is 4.88 Å². The number of morpholine rings is 1. The highest BCUT2D eigenvalue weighted by Crippen LogP contribution is 2.37. The molecule has 1 aromatic heterocycles. The van der Waals surface area contributed by atoms with Crippen LogP contribution < -0.4 is 0 Å². The van der Waals surface area contributed by atoms with E-state index >= 15 is 0 Å². The maximum atomic E-state index is 12.1. The van der Waals surface area contributed by atoms with Gasteiger partial charge in [-0.25, -0.2) is 4.79 Å². The van der Waals surface area contributed by atoms with E-state index in [9.17, 15) is 14.7 Å². The lowest BCUT2D eigenvalue weighted by Crippen LogP contribution is -2.58. The molecule has 1 fully saturated rings. The Balaban J connectivity index is 2.47. The van der Waals surface area contributed by atoms with Gasteiger partial charge in [0.15, 0.2) is 6.10 Å². The summed E-state index contributed by atoms with van der Waals surface area (Å²) in [5, 5.41) is 9.30. The van der Waals surface area contributed by atoms with Crippen LogP contribution in [0.15, 0.2) is 11.7 Å². The molecular formula is C12H16N2O4S. The number of hydrogen-bond donors (Lipinski definition) is 1. The Hall–Kier alpha value is -1.47. The summed E-state index contributed by atoms with van der Waals surface area (Å²) in [4.78, 5) is 29.7. The molecule has 1 aliphatic rings. The molecule has 2 heterocycles. The molecule has 104 valence electrons. The van der Waals surface area contributed by atoms with Gasteiger partial charge < -0.3 is 14.7 Å². The first-order valence-electron chi connectivity index (χ1n) is 5.87. The highest BCUT2D eigenvalue weighted by molar-refractivity contribution is 7.09. The van der Waals surface area contributed by atoms with E-state index in [0.29, 0.717) is 0 Å². The first kappa shape index (κ1) is 14.0. The Morgan fingerprint density at radius 2 is 2.26 bits per heavy atom. The van der Waals surface area contributed by atoms with Gasteiger partial charge in [0.25, 0.3) is 0 Å². The molecule has 0 aliphatic carbocycles. The Bertz CT molecular complexity index is 480. The third kappa shape index (κ3) is 2.62. The number of carboxylic acids is 1. The van der Waals surface area contributed by atoms with Crippen LogP contribution in [0.5, 0.6) is 0 Å². The van der Waals surface area contributed by atoms with Crippen LogP contribution in [0.25, 0.3) is 0 Å². The minimum Gasteiger partial charge on any atom is -0.479 e. The monoisotopic (exact) mass is 284 g/mol. The van der Waals surface area contributed by atoms with Crippen LogP contribution in [-0.2, 0) is 14.3 Å². The highest BCUT2D eigenvalue weighted by Gasteiger charge is 2.46. The number of ether oxygens (including phenoxy) is 1. The lowest BCUT2D eigenvalue weighted by atomic mass is 9.97.